The Kier molecular flexibility index (Phi) is 3.10. The molecule has 2 rings (SSSR count). The molecule has 98 valence electrons. The van der Waals surface area contributed by atoms with Crippen molar-refractivity contribution in [2.24, 2.45) is 0 Å². The van der Waals surface area contributed by atoms with Crippen LogP contribution in [0.5, 0.6) is 0 Å². The lowest BCUT2D eigenvalue weighted by atomic mass is 10.2. The van der Waals surface area contributed by atoms with E-state index in [0.29, 0.717) is 5.56 Å². The van der Waals surface area contributed by atoms with E-state index in [1.54, 1.807) is 0 Å². The summed E-state index contributed by atoms with van der Waals surface area (Å²) in [5.41, 5.74) is 5.98. The van der Waals surface area contributed by atoms with Crippen LogP contribution in [-0.4, -0.2) is 19.6 Å². The molecule has 1 heterocycles. The minimum atomic E-state index is -0.572. The molecule has 0 atom stereocenters. The summed E-state index contributed by atoms with van der Waals surface area (Å²) in [5.74, 6) is 0. The number of nitrogens with two attached hydrogens (primary N) is 1. The quantitative estimate of drug-likeness (QED) is 0.503. The van der Waals surface area contributed by atoms with Crippen molar-refractivity contribution < 1.29 is 9.85 Å². The molecule has 0 amide bonds. The van der Waals surface area contributed by atoms with Crippen molar-refractivity contribution in [3.8, 4) is 0 Å². The zero-order valence-corrected chi connectivity index (χ0v) is 9.59. The van der Waals surface area contributed by atoms with Crippen LogP contribution in [-0.2, 0) is 6.54 Å². The molecule has 1 aromatic carbocycles. The first-order valence-electron chi connectivity index (χ1n) is 5.17. The Hall–Kier alpha value is -2.97. The van der Waals surface area contributed by atoms with E-state index >= 15 is 0 Å². The minimum absolute atomic E-state index is 0.0455. The normalized spacial score (nSPS) is 10.3. The van der Waals surface area contributed by atoms with Crippen LogP contribution in [0.15, 0.2) is 30.6 Å². The lowest BCUT2D eigenvalue weighted by molar-refractivity contribution is -0.385. The number of nitrogen functional groups attached to an aromatic ring is 1. The summed E-state index contributed by atoms with van der Waals surface area (Å²) in [6, 6.07) is 4.27. The first-order chi connectivity index (χ1) is 8.97. The van der Waals surface area contributed by atoms with E-state index in [1.807, 2.05) is 0 Å². The fraction of sp³-hybridized carbons (Fsp3) is 0.100. The third-order valence-electron chi connectivity index (χ3n) is 2.46. The summed E-state index contributed by atoms with van der Waals surface area (Å²) in [6.45, 7) is 0.246. The topological polar surface area (TPSA) is 130 Å². The van der Waals surface area contributed by atoms with Gasteiger partial charge in [-0.05, 0) is 11.6 Å². The second-order valence-corrected chi connectivity index (χ2v) is 3.80. The van der Waals surface area contributed by atoms with Crippen molar-refractivity contribution in [3.05, 3.63) is 56.4 Å². The molecule has 2 N–H and O–H groups in total. The van der Waals surface area contributed by atoms with Gasteiger partial charge in [-0.25, -0.2) is 0 Å². The third-order valence-corrected chi connectivity index (χ3v) is 2.46. The molecule has 0 saturated heterocycles. The Morgan fingerprint density at radius 1 is 1.26 bits per heavy atom. The highest BCUT2D eigenvalue weighted by molar-refractivity contribution is 5.59. The van der Waals surface area contributed by atoms with Gasteiger partial charge in [-0.15, -0.1) is 0 Å². The number of anilines is 1. The van der Waals surface area contributed by atoms with E-state index in [0.717, 1.165) is 6.20 Å². The maximum Gasteiger partial charge on any atom is 0.307 e. The Labute approximate surface area is 106 Å². The second-order valence-electron chi connectivity index (χ2n) is 3.80. The Morgan fingerprint density at radius 3 is 2.53 bits per heavy atom. The number of hydrogen-bond donors (Lipinski definition) is 1. The molecule has 1 aromatic heterocycles. The fourth-order valence-electron chi connectivity index (χ4n) is 1.59. The lowest BCUT2D eigenvalue weighted by Gasteiger charge is -2.03. The van der Waals surface area contributed by atoms with Gasteiger partial charge in [0, 0.05) is 6.07 Å². The predicted molar refractivity (Wildman–Crippen MR) is 65.5 cm³/mol. The molecule has 0 radical (unpaired) electrons. The first kappa shape index (κ1) is 12.5. The smallest absolute Gasteiger partial charge is 0.307 e. The van der Waals surface area contributed by atoms with Crippen LogP contribution in [0.25, 0.3) is 0 Å². The van der Waals surface area contributed by atoms with Crippen LogP contribution in [0.3, 0.4) is 0 Å². The summed E-state index contributed by atoms with van der Waals surface area (Å²) in [5, 5.41) is 24.9. The van der Waals surface area contributed by atoms with E-state index in [2.05, 4.69) is 5.10 Å². The summed E-state index contributed by atoms with van der Waals surface area (Å²) in [6.07, 6.45) is 2.41. The van der Waals surface area contributed by atoms with Gasteiger partial charge in [0.1, 0.15) is 18.1 Å². The molecular weight excluding hydrogens is 254 g/mol. The Bertz CT molecular complexity index is 651. The van der Waals surface area contributed by atoms with Gasteiger partial charge in [-0.2, -0.15) is 5.10 Å². The molecule has 0 fully saturated rings. The van der Waals surface area contributed by atoms with Crippen LogP contribution in [0.2, 0.25) is 0 Å². The first-order valence-corrected chi connectivity index (χ1v) is 5.17. The average molecular weight is 263 g/mol. The van der Waals surface area contributed by atoms with Gasteiger partial charge < -0.3 is 5.73 Å². The number of nitro benzene ring substituents is 1. The summed E-state index contributed by atoms with van der Waals surface area (Å²) in [4.78, 5) is 20.0. The van der Waals surface area contributed by atoms with Crippen LogP contribution in [0.1, 0.15) is 5.56 Å². The predicted octanol–water partition coefficient (Wildman–Crippen LogP) is 1.33. The maximum absolute atomic E-state index is 10.6. The molecule has 0 aliphatic rings. The van der Waals surface area contributed by atoms with Crippen molar-refractivity contribution in [1.82, 2.24) is 9.78 Å². The number of rotatable bonds is 4. The van der Waals surface area contributed by atoms with Crippen LogP contribution >= 0.6 is 0 Å². The van der Waals surface area contributed by atoms with Crippen molar-refractivity contribution in [2.45, 2.75) is 6.54 Å². The van der Waals surface area contributed by atoms with E-state index in [1.165, 1.54) is 29.1 Å². The monoisotopic (exact) mass is 263 g/mol. The second kappa shape index (κ2) is 4.72. The van der Waals surface area contributed by atoms with Crippen molar-refractivity contribution in [3.63, 3.8) is 0 Å². The van der Waals surface area contributed by atoms with Gasteiger partial charge in [0.05, 0.1) is 16.4 Å². The van der Waals surface area contributed by atoms with Gasteiger partial charge in [0.25, 0.3) is 5.69 Å². The van der Waals surface area contributed by atoms with Crippen molar-refractivity contribution in [1.29, 1.82) is 0 Å². The summed E-state index contributed by atoms with van der Waals surface area (Å²) in [7, 11) is 0. The number of nitrogens with zero attached hydrogens (tertiary/aromatic N) is 4. The van der Waals surface area contributed by atoms with Gasteiger partial charge in [0.15, 0.2) is 0 Å². The Morgan fingerprint density at radius 2 is 2.00 bits per heavy atom. The van der Waals surface area contributed by atoms with Crippen molar-refractivity contribution in [2.75, 3.05) is 5.73 Å². The largest absolute Gasteiger partial charge is 0.393 e. The van der Waals surface area contributed by atoms with Crippen LogP contribution in [0.4, 0.5) is 17.1 Å². The third kappa shape index (κ3) is 2.65. The minimum Gasteiger partial charge on any atom is -0.393 e. The molecule has 0 spiro atoms. The van der Waals surface area contributed by atoms with Crippen LogP contribution in [0, 0.1) is 20.2 Å². The molecular formula is C10H9N5O4. The molecule has 0 unspecified atom stereocenters. The molecule has 19 heavy (non-hydrogen) atoms. The number of aromatic nitrogens is 2. The van der Waals surface area contributed by atoms with E-state index < -0.39 is 9.85 Å². The maximum atomic E-state index is 10.6. The van der Waals surface area contributed by atoms with Crippen LogP contribution < -0.4 is 5.73 Å². The van der Waals surface area contributed by atoms with Gasteiger partial charge >= 0.3 is 5.69 Å². The summed E-state index contributed by atoms with van der Waals surface area (Å²) >= 11 is 0. The fourth-order valence-corrected chi connectivity index (χ4v) is 1.59. The standard InChI is InChI=1S/C10H9N5O4/c11-9-3-7(1-2-10(9)15(18)19)5-13-6-8(4-12-13)14(16)17/h1-4,6H,5,11H2. The highest BCUT2D eigenvalue weighted by Crippen LogP contribution is 2.22. The zero-order chi connectivity index (χ0) is 14.0. The number of hydrogen-bond acceptors (Lipinski definition) is 6. The molecule has 0 saturated carbocycles. The van der Waals surface area contributed by atoms with Crippen molar-refractivity contribution >= 4 is 17.1 Å². The van der Waals surface area contributed by atoms with Gasteiger partial charge in [-0.3, -0.25) is 24.9 Å². The number of benzene rings is 1. The molecule has 2 aromatic rings. The van der Waals surface area contributed by atoms with E-state index in [9.17, 15) is 20.2 Å². The molecule has 9 nitrogen and oxygen atoms in total. The van der Waals surface area contributed by atoms with Gasteiger partial charge in [-0.1, -0.05) is 6.07 Å². The SMILES string of the molecule is Nc1cc(Cn2cc([N+](=O)[O-])cn2)ccc1[N+](=O)[O-]. The molecule has 0 aliphatic heterocycles. The molecule has 9 heteroatoms. The average Bonchev–Trinajstić information content (AvgIpc) is 2.77. The summed E-state index contributed by atoms with van der Waals surface area (Å²) < 4.78 is 1.36. The molecule has 0 aliphatic carbocycles. The number of nitro groups is 2. The van der Waals surface area contributed by atoms with E-state index in [-0.39, 0.29) is 23.6 Å². The highest BCUT2D eigenvalue weighted by Gasteiger charge is 2.13. The highest BCUT2D eigenvalue weighted by atomic mass is 16.6. The van der Waals surface area contributed by atoms with Gasteiger partial charge in [0.2, 0.25) is 0 Å². The lowest BCUT2D eigenvalue weighted by Crippen LogP contribution is -2.02. The van der Waals surface area contributed by atoms with E-state index in [4.69, 9.17) is 5.73 Å². The molecule has 0 bridgehead atoms. The Balaban J connectivity index is 2.21. The zero-order valence-electron chi connectivity index (χ0n) is 9.59.